The van der Waals surface area contributed by atoms with E-state index in [1.807, 2.05) is 20.2 Å². The molecule has 1 fully saturated rings. The molecule has 0 radical (unpaired) electrons. The highest BCUT2D eigenvalue weighted by Gasteiger charge is 2.11. The largest absolute Gasteiger partial charge is 0.376 e. The van der Waals surface area contributed by atoms with E-state index in [1.165, 1.54) is 25.7 Å². The van der Waals surface area contributed by atoms with Crippen LogP contribution in [-0.4, -0.2) is 43.0 Å². The zero-order chi connectivity index (χ0) is 14.4. The number of rotatable bonds is 3. The van der Waals surface area contributed by atoms with Gasteiger partial charge >= 0.3 is 0 Å². The van der Waals surface area contributed by atoms with Crippen molar-refractivity contribution >= 4 is 35.6 Å². The van der Waals surface area contributed by atoms with E-state index >= 15 is 0 Å². The third-order valence-corrected chi connectivity index (χ3v) is 3.67. The van der Waals surface area contributed by atoms with E-state index < -0.39 is 0 Å². The fourth-order valence-corrected chi connectivity index (χ4v) is 2.51. The first-order valence-corrected chi connectivity index (χ1v) is 7.34. The number of nitrogens with two attached hydrogens (primary N) is 1. The van der Waals surface area contributed by atoms with Crippen LogP contribution in [0.2, 0.25) is 0 Å². The molecule has 5 nitrogen and oxygen atoms in total. The monoisotopic (exact) mass is 403 g/mol. The quantitative estimate of drug-likeness (QED) is 0.479. The van der Waals surface area contributed by atoms with Gasteiger partial charge in [-0.2, -0.15) is 0 Å². The van der Waals surface area contributed by atoms with Crippen LogP contribution < -0.4 is 10.6 Å². The van der Waals surface area contributed by atoms with Crippen LogP contribution in [0.1, 0.15) is 31.4 Å². The molecule has 21 heavy (non-hydrogen) atoms. The van der Waals surface area contributed by atoms with Crippen molar-refractivity contribution in [3.05, 3.63) is 24.0 Å². The summed E-state index contributed by atoms with van der Waals surface area (Å²) in [5, 5.41) is 0. The van der Waals surface area contributed by atoms with Crippen LogP contribution in [0.3, 0.4) is 0 Å². The van der Waals surface area contributed by atoms with Crippen molar-refractivity contribution in [2.24, 2.45) is 10.7 Å². The van der Waals surface area contributed by atoms with Gasteiger partial charge in [0.25, 0.3) is 0 Å². The Balaban J connectivity index is 0.00000220. The summed E-state index contributed by atoms with van der Waals surface area (Å²) >= 11 is 0. The molecule has 0 aliphatic carbocycles. The van der Waals surface area contributed by atoms with Gasteiger partial charge in [-0.3, -0.25) is 4.98 Å². The molecule has 6 heteroatoms. The molecule has 0 bridgehead atoms. The Kier molecular flexibility index (Phi) is 7.77. The van der Waals surface area contributed by atoms with E-state index in [0.29, 0.717) is 12.5 Å². The topological polar surface area (TPSA) is 57.8 Å². The van der Waals surface area contributed by atoms with Gasteiger partial charge in [0.1, 0.15) is 0 Å². The van der Waals surface area contributed by atoms with Gasteiger partial charge in [-0.15, -0.1) is 24.0 Å². The van der Waals surface area contributed by atoms with Crippen molar-refractivity contribution in [3.8, 4) is 0 Å². The zero-order valence-corrected chi connectivity index (χ0v) is 15.3. The van der Waals surface area contributed by atoms with Gasteiger partial charge in [0.2, 0.25) is 0 Å². The van der Waals surface area contributed by atoms with Crippen molar-refractivity contribution in [1.29, 1.82) is 0 Å². The normalized spacial score (nSPS) is 16.1. The molecular weight excluding hydrogens is 377 g/mol. The van der Waals surface area contributed by atoms with Gasteiger partial charge in [0, 0.05) is 33.4 Å². The minimum absolute atomic E-state index is 0. The van der Waals surface area contributed by atoms with Crippen LogP contribution >= 0.6 is 24.0 Å². The molecule has 1 aliphatic rings. The third-order valence-electron chi connectivity index (χ3n) is 3.67. The Bertz CT molecular complexity index is 453. The van der Waals surface area contributed by atoms with E-state index in [4.69, 9.17) is 5.73 Å². The Morgan fingerprint density at radius 3 is 2.57 bits per heavy atom. The Labute approximate surface area is 144 Å². The van der Waals surface area contributed by atoms with Gasteiger partial charge < -0.3 is 15.5 Å². The fourth-order valence-electron chi connectivity index (χ4n) is 2.51. The molecule has 0 spiro atoms. The van der Waals surface area contributed by atoms with E-state index in [0.717, 1.165) is 24.5 Å². The fraction of sp³-hybridized carbons (Fsp3) is 0.600. The van der Waals surface area contributed by atoms with Crippen LogP contribution in [0.25, 0.3) is 0 Å². The molecule has 2 heterocycles. The van der Waals surface area contributed by atoms with Gasteiger partial charge in [-0.25, -0.2) is 4.99 Å². The summed E-state index contributed by atoms with van der Waals surface area (Å²) in [6, 6.07) is 4.00. The van der Waals surface area contributed by atoms with Crippen LogP contribution in [0, 0.1) is 0 Å². The standard InChI is InChI=1S/C15H25N5.HI/c1-19(2)14-8-7-9-17-13(14)12-18-15(16)20-10-5-3-4-6-11-20;/h7-9H,3-6,10-12H2,1-2H3,(H2,16,18);1H. The third kappa shape index (κ3) is 5.33. The summed E-state index contributed by atoms with van der Waals surface area (Å²) in [6.45, 7) is 2.59. The van der Waals surface area contributed by atoms with Crippen molar-refractivity contribution in [2.75, 3.05) is 32.1 Å². The van der Waals surface area contributed by atoms with Crippen molar-refractivity contribution in [1.82, 2.24) is 9.88 Å². The number of hydrogen-bond acceptors (Lipinski definition) is 3. The van der Waals surface area contributed by atoms with Crippen LogP contribution in [0.5, 0.6) is 0 Å². The SMILES string of the molecule is CN(C)c1cccnc1CN=C(N)N1CCCCCC1.I. The van der Waals surface area contributed by atoms with Crippen LogP contribution in [0.4, 0.5) is 5.69 Å². The number of hydrogen-bond donors (Lipinski definition) is 1. The second kappa shape index (κ2) is 9.07. The number of halogens is 1. The number of anilines is 1. The molecule has 0 aromatic carbocycles. The van der Waals surface area contributed by atoms with Crippen molar-refractivity contribution < 1.29 is 0 Å². The summed E-state index contributed by atoms with van der Waals surface area (Å²) in [7, 11) is 4.03. The molecule has 2 N–H and O–H groups in total. The van der Waals surface area contributed by atoms with Crippen LogP contribution in [0.15, 0.2) is 23.3 Å². The first-order chi connectivity index (χ1) is 9.68. The minimum atomic E-state index is 0. The molecule has 1 aromatic rings. The molecular formula is C15H26IN5. The van der Waals surface area contributed by atoms with Crippen LogP contribution in [-0.2, 0) is 6.54 Å². The smallest absolute Gasteiger partial charge is 0.191 e. The van der Waals surface area contributed by atoms with Crippen molar-refractivity contribution in [2.45, 2.75) is 32.2 Å². The predicted molar refractivity (Wildman–Crippen MR) is 99.3 cm³/mol. The Hall–Kier alpha value is -1.05. The lowest BCUT2D eigenvalue weighted by Gasteiger charge is -2.21. The summed E-state index contributed by atoms with van der Waals surface area (Å²) in [6.07, 6.45) is 6.83. The first-order valence-electron chi connectivity index (χ1n) is 7.34. The summed E-state index contributed by atoms with van der Waals surface area (Å²) in [5.74, 6) is 0.655. The second-order valence-electron chi connectivity index (χ2n) is 5.44. The maximum absolute atomic E-state index is 6.13. The van der Waals surface area contributed by atoms with Crippen molar-refractivity contribution in [3.63, 3.8) is 0 Å². The maximum atomic E-state index is 6.13. The number of pyridine rings is 1. The number of aliphatic imine (C=N–C) groups is 1. The highest BCUT2D eigenvalue weighted by atomic mass is 127. The Morgan fingerprint density at radius 2 is 1.95 bits per heavy atom. The molecule has 1 aromatic heterocycles. The molecule has 0 amide bonds. The lowest BCUT2D eigenvalue weighted by Crippen LogP contribution is -2.38. The van der Waals surface area contributed by atoms with E-state index in [-0.39, 0.29) is 24.0 Å². The molecule has 0 atom stereocenters. The minimum Gasteiger partial charge on any atom is -0.376 e. The first kappa shape index (κ1) is 18.0. The average molecular weight is 403 g/mol. The Morgan fingerprint density at radius 1 is 1.29 bits per heavy atom. The predicted octanol–water partition coefficient (Wildman–Crippen LogP) is 2.46. The number of guanidine groups is 1. The number of aromatic nitrogens is 1. The summed E-state index contributed by atoms with van der Waals surface area (Å²) in [5.41, 5.74) is 8.19. The van der Waals surface area contributed by atoms with Gasteiger partial charge in [-0.05, 0) is 25.0 Å². The number of likely N-dealkylation sites (tertiary alicyclic amines) is 1. The zero-order valence-electron chi connectivity index (χ0n) is 13.0. The lowest BCUT2D eigenvalue weighted by atomic mass is 10.2. The van der Waals surface area contributed by atoms with E-state index in [1.54, 1.807) is 6.20 Å². The van der Waals surface area contributed by atoms with Gasteiger partial charge in [-0.1, -0.05) is 12.8 Å². The molecule has 0 unspecified atom stereocenters. The highest BCUT2D eigenvalue weighted by molar-refractivity contribution is 14.0. The molecule has 2 rings (SSSR count). The highest BCUT2D eigenvalue weighted by Crippen LogP contribution is 2.16. The van der Waals surface area contributed by atoms with Gasteiger partial charge in [0.05, 0.1) is 17.9 Å². The van der Waals surface area contributed by atoms with Gasteiger partial charge in [0.15, 0.2) is 5.96 Å². The molecule has 1 saturated heterocycles. The molecule has 1 aliphatic heterocycles. The second-order valence-corrected chi connectivity index (χ2v) is 5.44. The lowest BCUT2D eigenvalue weighted by molar-refractivity contribution is 0.428. The average Bonchev–Trinajstić information content (AvgIpc) is 2.74. The molecule has 0 saturated carbocycles. The van der Waals surface area contributed by atoms with E-state index in [9.17, 15) is 0 Å². The number of nitrogens with zero attached hydrogens (tertiary/aromatic N) is 4. The maximum Gasteiger partial charge on any atom is 0.191 e. The molecule has 118 valence electrons. The summed E-state index contributed by atoms with van der Waals surface area (Å²) < 4.78 is 0. The van der Waals surface area contributed by atoms with E-state index in [2.05, 4.69) is 25.8 Å². The summed E-state index contributed by atoms with van der Waals surface area (Å²) in [4.78, 5) is 13.2.